The van der Waals surface area contributed by atoms with E-state index in [0.717, 1.165) is 38.1 Å². The lowest BCUT2D eigenvalue weighted by Crippen LogP contribution is -2.55. The third-order valence-corrected chi connectivity index (χ3v) is 8.37. The quantitative estimate of drug-likeness (QED) is 0.0533. The summed E-state index contributed by atoms with van der Waals surface area (Å²) in [5.41, 5.74) is -6.30. The van der Waals surface area contributed by atoms with Crippen molar-refractivity contribution in [3.63, 3.8) is 0 Å². The molecule has 0 spiro atoms. The molecule has 1 fully saturated rings. The van der Waals surface area contributed by atoms with Crippen molar-refractivity contribution in [2.45, 2.75) is 43.8 Å². The number of esters is 2. The van der Waals surface area contributed by atoms with Gasteiger partial charge in [-0.2, -0.15) is 21.6 Å². The Kier molecular flexibility index (Phi) is 11.3. The molecule has 0 saturated carbocycles. The normalized spacial score (nSPS) is 16.1. The van der Waals surface area contributed by atoms with E-state index in [4.69, 9.17) is 9.47 Å². The Bertz CT molecular complexity index is 1900. The first kappa shape index (κ1) is 37.5. The first-order valence-electron chi connectivity index (χ1n) is 14.7. The molecule has 1 aliphatic rings. The van der Waals surface area contributed by atoms with Crippen molar-refractivity contribution in [3.8, 4) is 17.6 Å². The number of hydrogen-bond acceptors (Lipinski definition) is 10. The third kappa shape index (κ3) is 9.24. The third-order valence-electron chi connectivity index (χ3n) is 7.39. The van der Waals surface area contributed by atoms with Crippen LogP contribution in [0.3, 0.4) is 0 Å². The fourth-order valence-electron chi connectivity index (χ4n) is 4.91. The van der Waals surface area contributed by atoms with Gasteiger partial charge >= 0.3 is 27.6 Å². The fourth-order valence-corrected chi connectivity index (χ4v) is 5.37. The number of benzene rings is 3. The minimum atomic E-state index is -5.93. The van der Waals surface area contributed by atoms with Crippen LogP contribution in [0.1, 0.15) is 54.2 Å². The van der Waals surface area contributed by atoms with Crippen molar-refractivity contribution in [1.29, 1.82) is 0 Å². The van der Waals surface area contributed by atoms with Crippen LogP contribution in [0.2, 0.25) is 0 Å². The van der Waals surface area contributed by atoms with Crippen LogP contribution in [-0.2, 0) is 34.0 Å². The number of aliphatic hydroxyl groups is 1. The van der Waals surface area contributed by atoms with Gasteiger partial charge in [0, 0.05) is 37.1 Å². The number of ketones is 1. The molecule has 1 heterocycles. The molecule has 4 rings (SSSR count). The summed E-state index contributed by atoms with van der Waals surface area (Å²) in [6.07, 6.45) is 0.0172. The lowest BCUT2D eigenvalue weighted by Gasteiger charge is -2.47. The molecule has 1 amide bonds. The number of ether oxygens (including phenoxy) is 2. The summed E-state index contributed by atoms with van der Waals surface area (Å²) in [6.45, 7) is 1.09. The SMILES string of the molecule is CC(=O)OCC(O)(C#Cc1ccc(C2C(CCC(=O)c3ccc(F)cc3)C(=O)N2c2ccc(OS(=O)(=O)C(F)(F)F)cc2)cc1)COC(C)=O. The van der Waals surface area contributed by atoms with Crippen molar-refractivity contribution >= 4 is 39.4 Å². The maximum absolute atomic E-state index is 13.5. The molecule has 50 heavy (non-hydrogen) atoms. The highest BCUT2D eigenvalue weighted by molar-refractivity contribution is 7.88. The summed E-state index contributed by atoms with van der Waals surface area (Å²) >= 11 is 0. The number of alkyl halides is 3. The lowest BCUT2D eigenvalue weighted by atomic mass is 9.78. The molecule has 11 nitrogen and oxygen atoms in total. The second-order valence-electron chi connectivity index (χ2n) is 11.2. The number of amides is 1. The van der Waals surface area contributed by atoms with Crippen LogP contribution in [0, 0.1) is 23.6 Å². The zero-order valence-corrected chi connectivity index (χ0v) is 27.2. The largest absolute Gasteiger partial charge is 0.534 e. The molecule has 3 aromatic carbocycles. The van der Waals surface area contributed by atoms with Crippen LogP contribution in [0.5, 0.6) is 5.75 Å². The van der Waals surface area contributed by atoms with E-state index in [2.05, 4.69) is 16.0 Å². The van der Waals surface area contributed by atoms with Gasteiger partial charge in [0.25, 0.3) is 0 Å². The number of β-lactam (4-membered cyclic amide) rings is 1. The number of carbonyl (C=O) groups is 4. The van der Waals surface area contributed by atoms with Crippen LogP contribution in [-0.4, -0.2) is 61.5 Å². The van der Waals surface area contributed by atoms with Crippen LogP contribution in [0.25, 0.3) is 0 Å². The van der Waals surface area contributed by atoms with E-state index in [0.29, 0.717) is 11.1 Å². The van der Waals surface area contributed by atoms with Gasteiger partial charge in [0.15, 0.2) is 11.4 Å². The van der Waals surface area contributed by atoms with Gasteiger partial charge in [-0.05, 0) is 72.6 Å². The predicted octanol–water partition coefficient (Wildman–Crippen LogP) is 4.63. The first-order valence-corrected chi connectivity index (χ1v) is 16.1. The van der Waals surface area contributed by atoms with Crippen LogP contribution < -0.4 is 9.08 Å². The summed E-state index contributed by atoms with van der Waals surface area (Å²) in [4.78, 5) is 50.1. The van der Waals surface area contributed by atoms with E-state index in [1.165, 1.54) is 29.2 Å². The maximum atomic E-state index is 13.5. The van der Waals surface area contributed by atoms with Crippen LogP contribution in [0.15, 0.2) is 72.8 Å². The molecule has 1 N–H and O–H groups in total. The van der Waals surface area contributed by atoms with Gasteiger partial charge in [-0.25, -0.2) is 4.39 Å². The number of anilines is 1. The van der Waals surface area contributed by atoms with Gasteiger partial charge in [-0.1, -0.05) is 24.0 Å². The lowest BCUT2D eigenvalue weighted by molar-refractivity contribution is -0.154. The molecule has 3 aromatic rings. The molecule has 0 bridgehead atoms. The first-order chi connectivity index (χ1) is 23.4. The molecular weight excluding hydrogens is 690 g/mol. The van der Waals surface area contributed by atoms with Gasteiger partial charge in [0.05, 0.1) is 12.0 Å². The van der Waals surface area contributed by atoms with Crippen LogP contribution in [0.4, 0.5) is 23.2 Å². The fraction of sp³-hybridized carbons (Fsp3) is 0.294. The van der Waals surface area contributed by atoms with Gasteiger partial charge in [-0.3, -0.25) is 19.2 Å². The number of rotatable bonds is 12. The van der Waals surface area contributed by atoms with Gasteiger partial charge < -0.3 is 23.7 Å². The number of halogens is 4. The summed E-state index contributed by atoms with van der Waals surface area (Å²) < 4.78 is 88.3. The highest BCUT2D eigenvalue weighted by Crippen LogP contribution is 2.46. The van der Waals surface area contributed by atoms with Crippen molar-refractivity contribution in [1.82, 2.24) is 0 Å². The van der Waals surface area contributed by atoms with E-state index in [1.807, 2.05) is 0 Å². The Morgan fingerprint density at radius 3 is 1.96 bits per heavy atom. The molecule has 0 radical (unpaired) electrons. The van der Waals surface area contributed by atoms with E-state index in [9.17, 15) is 50.3 Å². The van der Waals surface area contributed by atoms with Gasteiger partial charge in [0.1, 0.15) is 24.8 Å². The maximum Gasteiger partial charge on any atom is 0.534 e. The van der Waals surface area contributed by atoms with Crippen LogP contribution >= 0.6 is 0 Å². The molecular formula is C34H29F4NO10S. The topological polar surface area (TPSA) is 154 Å². The number of hydrogen-bond donors (Lipinski definition) is 1. The van der Waals surface area contributed by atoms with E-state index in [1.54, 1.807) is 24.3 Å². The number of carbonyl (C=O) groups excluding carboxylic acids is 4. The van der Waals surface area contributed by atoms with Gasteiger partial charge in [-0.15, -0.1) is 0 Å². The molecule has 0 aromatic heterocycles. The Labute approximate surface area is 283 Å². The highest BCUT2D eigenvalue weighted by atomic mass is 32.2. The minimum Gasteiger partial charge on any atom is -0.462 e. The number of nitrogens with zero attached hydrogens (tertiary/aromatic N) is 1. The Hall–Kier alpha value is -5.27. The van der Waals surface area contributed by atoms with Crippen molar-refractivity contribution in [2.75, 3.05) is 18.1 Å². The molecule has 2 atom stereocenters. The van der Waals surface area contributed by atoms with E-state index >= 15 is 0 Å². The summed E-state index contributed by atoms with van der Waals surface area (Å²) in [7, 11) is -5.93. The Morgan fingerprint density at radius 2 is 1.44 bits per heavy atom. The molecule has 1 saturated heterocycles. The van der Waals surface area contributed by atoms with E-state index < -0.39 is 75.8 Å². The molecule has 264 valence electrons. The second-order valence-corrected chi connectivity index (χ2v) is 12.7. The summed E-state index contributed by atoms with van der Waals surface area (Å²) in [6, 6.07) is 14.9. The molecule has 16 heteroatoms. The summed E-state index contributed by atoms with van der Waals surface area (Å²) in [5.74, 6) is 1.20. The monoisotopic (exact) mass is 719 g/mol. The Balaban J connectivity index is 1.60. The van der Waals surface area contributed by atoms with Crippen molar-refractivity contribution < 1.29 is 63.9 Å². The molecule has 1 aliphatic heterocycles. The average molecular weight is 720 g/mol. The highest BCUT2D eigenvalue weighted by Gasteiger charge is 2.50. The molecule has 2 unspecified atom stereocenters. The predicted molar refractivity (Wildman–Crippen MR) is 167 cm³/mol. The van der Waals surface area contributed by atoms with E-state index in [-0.39, 0.29) is 29.9 Å². The van der Waals surface area contributed by atoms with Crippen molar-refractivity contribution in [3.05, 3.63) is 95.3 Å². The van der Waals surface area contributed by atoms with Crippen molar-refractivity contribution in [2.24, 2.45) is 5.92 Å². The smallest absolute Gasteiger partial charge is 0.462 e. The minimum absolute atomic E-state index is 0.0682. The average Bonchev–Trinajstić information content (AvgIpc) is 3.05. The second kappa shape index (κ2) is 15.1. The zero-order valence-electron chi connectivity index (χ0n) is 26.4. The standard InChI is InChI=1S/C34H29F4NO10S/c1-21(40)47-19-33(44,20-48-22(2)41)18-17-23-3-5-25(6-4-23)31-29(15-16-30(42)24-7-9-26(35)10-8-24)32(43)39(31)27-11-13-28(14-12-27)49-50(45,46)34(36,37)38/h3-14,29,31,44H,15-16,19-20H2,1-2H3. The molecule has 0 aliphatic carbocycles. The van der Waals surface area contributed by atoms with Gasteiger partial charge in [0.2, 0.25) is 5.91 Å². The summed E-state index contributed by atoms with van der Waals surface area (Å²) in [5, 5.41) is 10.8. The zero-order chi connectivity index (χ0) is 36.9. The Morgan fingerprint density at radius 1 is 0.880 bits per heavy atom. The number of Topliss-reactive ketones (excluding diaryl/α,β-unsaturated/α-hetero) is 1.